The van der Waals surface area contributed by atoms with Crippen LogP contribution in [-0.4, -0.2) is 61.2 Å². The zero-order chi connectivity index (χ0) is 26.3. The van der Waals surface area contributed by atoms with Crippen LogP contribution in [0.3, 0.4) is 0 Å². The van der Waals surface area contributed by atoms with E-state index in [1.807, 2.05) is 77.7 Å². The number of rotatable bonds is 10. The van der Waals surface area contributed by atoms with E-state index < -0.39 is 10.0 Å². The van der Waals surface area contributed by atoms with Gasteiger partial charge in [-0.05, 0) is 41.2 Å². The van der Waals surface area contributed by atoms with Crippen LogP contribution in [0.15, 0.2) is 89.8 Å². The molecule has 1 heterocycles. The molecule has 0 aliphatic carbocycles. The second-order valence-electron chi connectivity index (χ2n) is 9.78. The summed E-state index contributed by atoms with van der Waals surface area (Å²) >= 11 is 0. The molecule has 1 saturated heterocycles. The highest BCUT2D eigenvalue weighted by Crippen LogP contribution is 2.23. The van der Waals surface area contributed by atoms with Crippen LogP contribution in [0.25, 0.3) is 0 Å². The third kappa shape index (κ3) is 7.06. The highest BCUT2D eigenvalue weighted by Gasteiger charge is 2.30. The van der Waals surface area contributed by atoms with Crippen LogP contribution in [0.2, 0.25) is 0 Å². The van der Waals surface area contributed by atoms with E-state index in [0.717, 1.165) is 23.1 Å². The molecule has 4 rings (SSSR count). The van der Waals surface area contributed by atoms with Gasteiger partial charge in [0, 0.05) is 39.3 Å². The molecule has 3 aromatic rings. The van der Waals surface area contributed by atoms with Crippen LogP contribution in [0.4, 0.5) is 0 Å². The van der Waals surface area contributed by atoms with Gasteiger partial charge >= 0.3 is 0 Å². The predicted octanol–water partition coefficient (Wildman–Crippen LogP) is 4.74. The van der Waals surface area contributed by atoms with Crippen molar-refractivity contribution in [3.63, 3.8) is 0 Å². The molecule has 196 valence electrons. The van der Waals surface area contributed by atoms with E-state index in [2.05, 4.69) is 18.7 Å². The molecule has 1 aliphatic rings. The second-order valence-corrected chi connectivity index (χ2v) is 11.7. The van der Waals surface area contributed by atoms with Crippen LogP contribution in [-0.2, 0) is 27.9 Å². The number of nitrogens with zero attached hydrogens (tertiary/aromatic N) is 3. The van der Waals surface area contributed by atoms with Crippen molar-refractivity contribution in [1.82, 2.24) is 14.1 Å². The summed E-state index contributed by atoms with van der Waals surface area (Å²) in [6, 6.07) is 27.3. The molecule has 0 radical (unpaired) electrons. The molecule has 1 atom stereocenters. The minimum absolute atomic E-state index is 0.0460. The average molecular weight is 520 g/mol. The number of sulfonamides is 1. The number of hydrogen-bond donors (Lipinski definition) is 0. The number of piperazine rings is 1. The summed E-state index contributed by atoms with van der Waals surface area (Å²) in [6.45, 7) is 7.43. The number of carbonyl (C=O) groups is 1. The molecule has 1 fully saturated rings. The maximum atomic E-state index is 13.4. The summed E-state index contributed by atoms with van der Waals surface area (Å²) < 4.78 is 28.0. The Labute approximate surface area is 221 Å². The van der Waals surface area contributed by atoms with Gasteiger partial charge in [-0.15, -0.1) is 0 Å². The van der Waals surface area contributed by atoms with Gasteiger partial charge in [0.05, 0.1) is 11.4 Å². The smallest absolute Gasteiger partial charge is 0.243 e. The molecule has 0 bridgehead atoms. The lowest BCUT2D eigenvalue weighted by Crippen LogP contribution is -2.51. The Bertz CT molecular complexity index is 1200. The van der Waals surface area contributed by atoms with Gasteiger partial charge in [0.15, 0.2) is 0 Å². The Balaban J connectivity index is 1.37. The fourth-order valence-electron chi connectivity index (χ4n) is 4.61. The SMILES string of the molecule is CC[C@H](C)c1ccc(S(=O)(=O)N2CCN(CC(=O)N(Cc3ccccc3)Cc3ccccc3)CC2)cc1. The zero-order valence-corrected chi connectivity index (χ0v) is 22.6. The van der Waals surface area contributed by atoms with Crippen LogP contribution < -0.4 is 0 Å². The molecule has 1 aliphatic heterocycles. The zero-order valence-electron chi connectivity index (χ0n) is 21.8. The number of carbonyl (C=O) groups excluding carboxylic acids is 1. The quantitative estimate of drug-likeness (QED) is 0.388. The molecule has 0 aromatic heterocycles. The van der Waals surface area contributed by atoms with E-state index in [9.17, 15) is 13.2 Å². The molecule has 0 unspecified atom stereocenters. The Morgan fingerprint density at radius 3 is 1.81 bits per heavy atom. The first-order valence-electron chi connectivity index (χ1n) is 13.0. The standard InChI is InChI=1S/C30H37N3O3S/c1-3-25(2)28-14-16-29(17-15-28)37(35,36)33-20-18-31(19-21-33)24-30(34)32(22-26-10-6-4-7-11-26)23-27-12-8-5-9-13-27/h4-17,25H,3,18-24H2,1-2H3/t25-/m0/s1. The number of benzene rings is 3. The molecule has 0 N–H and O–H groups in total. The summed E-state index contributed by atoms with van der Waals surface area (Å²) in [7, 11) is -3.55. The lowest BCUT2D eigenvalue weighted by atomic mass is 9.99. The maximum Gasteiger partial charge on any atom is 0.243 e. The van der Waals surface area contributed by atoms with E-state index in [1.165, 1.54) is 4.31 Å². The molecule has 3 aromatic carbocycles. The van der Waals surface area contributed by atoms with Crippen molar-refractivity contribution in [2.45, 2.75) is 44.2 Å². The van der Waals surface area contributed by atoms with Gasteiger partial charge < -0.3 is 4.90 Å². The first kappa shape index (κ1) is 27.0. The lowest BCUT2D eigenvalue weighted by Gasteiger charge is -2.35. The molecular weight excluding hydrogens is 482 g/mol. The van der Waals surface area contributed by atoms with Gasteiger partial charge in [0.2, 0.25) is 15.9 Å². The molecule has 7 heteroatoms. The summed E-state index contributed by atoms with van der Waals surface area (Å²) in [4.78, 5) is 17.7. The van der Waals surface area contributed by atoms with E-state index in [0.29, 0.717) is 50.1 Å². The molecule has 0 spiro atoms. The third-order valence-electron chi connectivity index (χ3n) is 7.17. The van der Waals surface area contributed by atoms with Gasteiger partial charge in [0.1, 0.15) is 0 Å². The highest BCUT2D eigenvalue weighted by atomic mass is 32.2. The van der Waals surface area contributed by atoms with Crippen molar-refractivity contribution in [3.05, 3.63) is 102 Å². The average Bonchev–Trinajstić information content (AvgIpc) is 2.93. The summed E-state index contributed by atoms with van der Waals surface area (Å²) in [5.74, 6) is 0.450. The Hall–Kier alpha value is -3.00. The molecular formula is C30H37N3O3S. The number of hydrogen-bond acceptors (Lipinski definition) is 4. The fourth-order valence-corrected chi connectivity index (χ4v) is 6.03. The van der Waals surface area contributed by atoms with Crippen molar-refractivity contribution < 1.29 is 13.2 Å². The van der Waals surface area contributed by atoms with E-state index in [1.54, 1.807) is 12.1 Å². The monoisotopic (exact) mass is 519 g/mol. The Morgan fingerprint density at radius 2 is 1.32 bits per heavy atom. The first-order valence-corrected chi connectivity index (χ1v) is 14.5. The Kier molecular flexibility index (Phi) is 9.14. The van der Waals surface area contributed by atoms with Gasteiger partial charge in [-0.3, -0.25) is 9.69 Å². The Morgan fingerprint density at radius 1 is 0.811 bits per heavy atom. The van der Waals surface area contributed by atoms with Crippen molar-refractivity contribution in [3.8, 4) is 0 Å². The minimum atomic E-state index is -3.55. The lowest BCUT2D eigenvalue weighted by molar-refractivity contribution is -0.134. The molecule has 37 heavy (non-hydrogen) atoms. The van der Waals surface area contributed by atoms with Crippen molar-refractivity contribution >= 4 is 15.9 Å². The van der Waals surface area contributed by atoms with Crippen molar-refractivity contribution in [1.29, 1.82) is 0 Å². The molecule has 1 amide bonds. The van der Waals surface area contributed by atoms with Gasteiger partial charge in [-0.2, -0.15) is 4.31 Å². The van der Waals surface area contributed by atoms with Gasteiger partial charge in [-0.25, -0.2) is 8.42 Å². The third-order valence-corrected chi connectivity index (χ3v) is 9.09. The molecule has 0 saturated carbocycles. The highest BCUT2D eigenvalue weighted by molar-refractivity contribution is 7.89. The van der Waals surface area contributed by atoms with Gasteiger partial charge in [0.25, 0.3) is 0 Å². The van der Waals surface area contributed by atoms with Crippen LogP contribution in [0.1, 0.15) is 42.9 Å². The summed E-state index contributed by atoms with van der Waals surface area (Å²) in [5.41, 5.74) is 3.32. The maximum absolute atomic E-state index is 13.4. The summed E-state index contributed by atoms with van der Waals surface area (Å²) in [6.07, 6.45) is 1.01. The van der Waals surface area contributed by atoms with E-state index in [4.69, 9.17) is 0 Å². The predicted molar refractivity (Wildman–Crippen MR) is 147 cm³/mol. The number of amides is 1. The van der Waals surface area contributed by atoms with Crippen LogP contribution in [0.5, 0.6) is 0 Å². The second kappa shape index (κ2) is 12.5. The summed E-state index contributed by atoms with van der Waals surface area (Å²) in [5, 5.41) is 0. The molecule has 6 nitrogen and oxygen atoms in total. The van der Waals surface area contributed by atoms with Crippen molar-refractivity contribution in [2.75, 3.05) is 32.7 Å². The van der Waals surface area contributed by atoms with Gasteiger partial charge in [-0.1, -0.05) is 86.6 Å². The van der Waals surface area contributed by atoms with E-state index >= 15 is 0 Å². The van der Waals surface area contributed by atoms with E-state index in [-0.39, 0.29) is 12.5 Å². The minimum Gasteiger partial charge on any atom is -0.333 e. The van der Waals surface area contributed by atoms with Crippen LogP contribution >= 0.6 is 0 Å². The largest absolute Gasteiger partial charge is 0.333 e. The first-order chi connectivity index (χ1) is 17.9. The van der Waals surface area contributed by atoms with Crippen LogP contribution in [0, 0.1) is 0 Å². The van der Waals surface area contributed by atoms with Crippen molar-refractivity contribution in [2.24, 2.45) is 0 Å². The fraction of sp³-hybridized carbons (Fsp3) is 0.367. The topological polar surface area (TPSA) is 60.9 Å². The normalized spacial score (nSPS) is 15.8.